The Labute approximate surface area is 199 Å². The number of allylic oxidation sites excluding steroid dienone is 3. The fourth-order valence-corrected chi connectivity index (χ4v) is 4.87. The second-order valence-electron chi connectivity index (χ2n) is 8.63. The zero-order valence-corrected chi connectivity index (χ0v) is 19.1. The van der Waals surface area contributed by atoms with Gasteiger partial charge in [0.1, 0.15) is 11.2 Å². The Bertz CT molecular complexity index is 1710. The first kappa shape index (κ1) is 20.3. The Balaban J connectivity index is 1.60. The second kappa shape index (κ2) is 8.20. The van der Waals surface area contributed by atoms with Gasteiger partial charge in [0.2, 0.25) is 0 Å². The highest BCUT2D eigenvalue weighted by Gasteiger charge is 2.15. The van der Waals surface area contributed by atoms with Crippen molar-refractivity contribution in [3.05, 3.63) is 127 Å². The van der Waals surface area contributed by atoms with Gasteiger partial charge in [-0.25, -0.2) is 0 Å². The Morgan fingerprint density at radius 2 is 1.41 bits per heavy atom. The third kappa shape index (κ3) is 3.34. The summed E-state index contributed by atoms with van der Waals surface area (Å²) in [5.41, 5.74) is 8.62. The van der Waals surface area contributed by atoms with Crippen molar-refractivity contribution >= 4 is 38.3 Å². The molecule has 6 rings (SSSR count). The summed E-state index contributed by atoms with van der Waals surface area (Å²) in [5, 5.41) is 4.74. The van der Waals surface area contributed by atoms with E-state index in [2.05, 4.69) is 104 Å². The first-order valence-corrected chi connectivity index (χ1v) is 11.6. The van der Waals surface area contributed by atoms with Gasteiger partial charge in [-0.2, -0.15) is 0 Å². The fourth-order valence-electron chi connectivity index (χ4n) is 4.87. The van der Waals surface area contributed by atoms with Crippen LogP contribution in [0.2, 0.25) is 0 Å². The Morgan fingerprint density at radius 1 is 0.647 bits per heavy atom. The molecule has 1 nitrogen and oxygen atoms in total. The normalized spacial score (nSPS) is 11.7. The van der Waals surface area contributed by atoms with Crippen LogP contribution in [0.25, 0.3) is 60.5 Å². The number of hydrogen-bond donors (Lipinski definition) is 0. The molecule has 162 valence electrons. The fraction of sp³-hybridized carbons (Fsp3) is 0.0303. The van der Waals surface area contributed by atoms with Crippen LogP contribution in [0.5, 0.6) is 0 Å². The van der Waals surface area contributed by atoms with Crippen LogP contribution < -0.4 is 0 Å². The lowest BCUT2D eigenvalue weighted by molar-refractivity contribution is 0.669. The van der Waals surface area contributed by atoms with Gasteiger partial charge >= 0.3 is 0 Å². The molecule has 0 unspecified atom stereocenters. The Morgan fingerprint density at radius 3 is 2.24 bits per heavy atom. The van der Waals surface area contributed by atoms with Gasteiger partial charge in [-0.3, -0.25) is 0 Å². The standard InChI is InChI=1S/C33H24O/c1-3-10-22(2)24-13-9-14-26(19-24)30-21-32-33(28-16-8-7-15-27(28)30)29-18-17-25(20-31(29)34-32)23-11-5-4-6-12-23/h3-21H,2H2,1H3/b10-3-. The molecule has 0 N–H and O–H groups in total. The number of rotatable bonds is 4. The number of fused-ring (bicyclic) bond motifs is 5. The van der Waals surface area contributed by atoms with Crippen LogP contribution >= 0.6 is 0 Å². The molecule has 1 aromatic heterocycles. The van der Waals surface area contributed by atoms with Crippen LogP contribution in [-0.4, -0.2) is 0 Å². The molecule has 0 saturated carbocycles. The average molecular weight is 437 g/mol. The van der Waals surface area contributed by atoms with E-state index in [1.165, 1.54) is 27.3 Å². The molecule has 6 aromatic rings. The molecule has 1 heterocycles. The minimum atomic E-state index is 0.909. The van der Waals surface area contributed by atoms with Gasteiger partial charge in [-0.05, 0) is 75.4 Å². The van der Waals surface area contributed by atoms with Crippen molar-refractivity contribution in [2.75, 3.05) is 0 Å². The van der Waals surface area contributed by atoms with Crippen molar-refractivity contribution in [2.45, 2.75) is 6.92 Å². The van der Waals surface area contributed by atoms with Crippen molar-refractivity contribution in [2.24, 2.45) is 0 Å². The average Bonchev–Trinajstić information content (AvgIpc) is 3.27. The van der Waals surface area contributed by atoms with Crippen LogP contribution in [0.1, 0.15) is 12.5 Å². The maximum Gasteiger partial charge on any atom is 0.136 e. The molecule has 0 spiro atoms. The van der Waals surface area contributed by atoms with Crippen molar-refractivity contribution in [3.8, 4) is 22.3 Å². The van der Waals surface area contributed by atoms with Gasteiger partial charge in [0.05, 0.1) is 0 Å². The molecule has 0 aliphatic carbocycles. The van der Waals surface area contributed by atoms with Gasteiger partial charge in [0, 0.05) is 10.8 Å². The molecule has 0 atom stereocenters. The van der Waals surface area contributed by atoms with Crippen LogP contribution in [0.4, 0.5) is 0 Å². The zero-order chi connectivity index (χ0) is 23.1. The Kier molecular flexibility index (Phi) is 4.89. The third-order valence-corrected chi connectivity index (χ3v) is 6.50. The van der Waals surface area contributed by atoms with Crippen molar-refractivity contribution in [1.82, 2.24) is 0 Å². The third-order valence-electron chi connectivity index (χ3n) is 6.50. The van der Waals surface area contributed by atoms with Crippen LogP contribution in [0.15, 0.2) is 126 Å². The number of furan rings is 1. The van der Waals surface area contributed by atoms with E-state index < -0.39 is 0 Å². The highest BCUT2D eigenvalue weighted by Crippen LogP contribution is 2.41. The van der Waals surface area contributed by atoms with Crippen LogP contribution in [0.3, 0.4) is 0 Å². The smallest absolute Gasteiger partial charge is 0.136 e. The summed E-state index contributed by atoms with van der Waals surface area (Å²) in [7, 11) is 0. The van der Waals surface area contributed by atoms with Gasteiger partial charge in [-0.1, -0.05) is 97.6 Å². The van der Waals surface area contributed by atoms with E-state index in [9.17, 15) is 0 Å². The molecule has 0 fully saturated rings. The van der Waals surface area contributed by atoms with Gasteiger partial charge < -0.3 is 4.42 Å². The second-order valence-corrected chi connectivity index (χ2v) is 8.63. The molecule has 5 aromatic carbocycles. The number of benzene rings is 5. The first-order chi connectivity index (χ1) is 16.7. The lowest BCUT2D eigenvalue weighted by Gasteiger charge is -2.10. The minimum absolute atomic E-state index is 0.909. The van der Waals surface area contributed by atoms with Gasteiger partial charge in [0.25, 0.3) is 0 Å². The highest BCUT2D eigenvalue weighted by atomic mass is 16.3. The van der Waals surface area contributed by atoms with Gasteiger partial charge in [0.15, 0.2) is 0 Å². The molecule has 0 saturated heterocycles. The molecule has 0 radical (unpaired) electrons. The van der Waals surface area contributed by atoms with E-state index in [4.69, 9.17) is 4.42 Å². The summed E-state index contributed by atoms with van der Waals surface area (Å²) in [5.74, 6) is 0. The summed E-state index contributed by atoms with van der Waals surface area (Å²) < 4.78 is 6.47. The van der Waals surface area contributed by atoms with Crippen molar-refractivity contribution in [1.29, 1.82) is 0 Å². The molecular formula is C33H24O. The van der Waals surface area contributed by atoms with E-state index >= 15 is 0 Å². The summed E-state index contributed by atoms with van der Waals surface area (Å²) in [6.07, 6.45) is 4.07. The molecule has 0 aliphatic heterocycles. The largest absolute Gasteiger partial charge is 0.456 e. The Hall–Kier alpha value is -4.36. The SMILES string of the molecule is C=C(/C=C\C)c1cccc(-c2cc3oc4cc(-c5ccccc5)ccc4c3c3ccccc23)c1. The zero-order valence-electron chi connectivity index (χ0n) is 19.1. The van der Waals surface area contributed by atoms with Crippen molar-refractivity contribution < 1.29 is 4.42 Å². The van der Waals surface area contributed by atoms with E-state index in [1.807, 2.05) is 25.1 Å². The molecule has 34 heavy (non-hydrogen) atoms. The monoisotopic (exact) mass is 436 g/mol. The molecule has 0 amide bonds. The van der Waals surface area contributed by atoms with E-state index in [-0.39, 0.29) is 0 Å². The topological polar surface area (TPSA) is 13.1 Å². The molecule has 0 aliphatic rings. The predicted octanol–water partition coefficient (Wildman–Crippen LogP) is 9.66. The van der Waals surface area contributed by atoms with E-state index in [0.29, 0.717) is 0 Å². The van der Waals surface area contributed by atoms with E-state index in [1.54, 1.807) is 0 Å². The van der Waals surface area contributed by atoms with Crippen LogP contribution in [0, 0.1) is 0 Å². The minimum Gasteiger partial charge on any atom is -0.456 e. The van der Waals surface area contributed by atoms with Crippen LogP contribution in [-0.2, 0) is 0 Å². The van der Waals surface area contributed by atoms with Gasteiger partial charge in [-0.15, -0.1) is 0 Å². The quantitative estimate of drug-likeness (QED) is 0.251. The lowest BCUT2D eigenvalue weighted by Crippen LogP contribution is -1.86. The molecule has 1 heteroatoms. The number of hydrogen-bond acceptors (Lipinski definition) is 1. The van der Waals surface area contributed by atoms with E-state index in [0.717, 1.165) is 38.8 Å². The maximum atomic E-state index is 6.47. The lowest BCUT2D eigenvalue weighted by atomic mass is 9.93. The summed E-state index contributed by atoms with van der Waals surface area (Å²) in [6, 6.07) is 36.4. The highest BCUT2D eigenvalue weighted by molar-refractivity contribution is 6.22. The molecular weight excluding hydrogens is 412 g/mol. The maximum absolute atomic E-state index is 6.47. The molecule has 0 bridgehead atoms. The summed E-state index contributed by atoms with van der Waals surface area (Å²) >= 11 is 0. The summed E-state index contributed by atoms with van der Waals surface area (Å²) in [6.45, 7) is 6.23. The summed E-state index contributed by atoms with van der Waals surface area (Å²) in [4.78, 5) is 0. The predicted molar refractivity (Wildman–Crippen MR) is 146 cm³/mol. The van der Waals surface area contributed by atoms with Crippen molar-refractivity contribution in [3.63, 3.8) is 0 Å². The first-order valence-electron chi connectivity index (χ1n) is 11.6.